The molecule has 1 rings (SSSR count). The van der Waals surface area contributed by atoms with Gasteiger partial charge in [0, 0.05) is 58.9 Å². The van der Waals surface area contributed by atoms with Gasteiger partial charge in [0.25, 0.3) is 0 Å². The lowest BCUT2D eigenvalue weighted by Gasteiger charge is -2.35. The fourth-order valence-electron chi connectivity index (χ4n) is 4.27. The van der Waals surface area contributed by atoms with Gasteiger partial charge in [-0.2, -0.15) is 12.6 Å². The molecule has 0 bridgehead atoms. The van der Waals surface area contributed by atoms with Crippen LogP contribution in [0.4, 0.5) is 0 Å². The van der Waals surface area contributed by atoms with Gasteiger partial charge in [-0.1, -0.05) is 0 Å². The summed E-state index contributed by atoms with van der Waals surface area (Å²) in [6.07, 6.45) is 1.72. The Kier molecular flexibility index (Phi) is 18.3. The van der Waals surface area contributed by atoms with Crippen molar-refractivity contribution in [3.8, 4) is 0 Å². The summed E-state index contributed by atoms with van der Waals surface area (Å²) in [5.41, 5.74) is 5.95. The maximum atomic E-state index is 12.0. The summed E-state index contributed by atoms with van der Waals surface area (Å²) in [6.45, 7) is 2.57. The molecule has 230 valence electrons. The first-order valence-electron chi connectivity index (χ1n) is 13.4. The normalized spacial score (nSPS) is 18.6. The quantitative estimate of drug-likeness (QED) is 0.0515. The molecule has 1 saturated heterocycles. The predicted octanol–water partition coefficient (Wildman–Crippen LogP) is -2.88. The van der Waals surface area contributed by atoms with Gasteiger partial charge in [-0.3, -0.25) is 44.1 Å². The highest BCUT2D eigenvalue weighted by atomic mass is 32.1. The number of carboxylic acids is 3. The number of nitrogens with zero attached hydrogens (tertiary/aromatic N) is 4. The SMILES string of the molecule is N[C@H](CCCNC(C=O)N1CCN(CC(=O)O)CCN(CC(=O)O)CCN(CC(=O)O)CC1)C(=O)NCCCS. The summed E-state index contributed by atoms with van der Waals surface area (Å²) in [7, 11) is 0. The second-order valence-electron chi connectivity index (χ2n) is 9.70. The lowest BCUT2D eigenvalue weighted by atomic mass is 10.1. The third-order valence-electron chi connectivity index (χ3n) is 6.49. The molecule has 1 unspecified atom stereocenters. The van der Waals surface area contributed by atoms with Crippen molar-refractivity contribution in [1.29, 1.82) is 0 Å². The van der Waals surface area contributed by atoms with E-state index in [0.29, 0.717) is 84.0 Å². The summed E-state index contributed by atoms with van der Waals surface area (Å²) in [5.74, 6) is -2.65. The highest BCUT2D eigenvalue weighted by Gasteiger charge is 2.23. The van der Waals surface area contributed by atoms with Crippen molar-refractivity contribution in [2.75, 3.05) is 90.8 Å². The highest BCUT2D eigenvalue weighted by Crippen LogP contribution is 2.04. The second-order valence-corrected chi connectivity index (χ2v) is 10.1. The number of nitrogens with two attached hydrogens (primary N) is 1. The molecule has 1 aliphatic rings. The van der Waals surface area contributed by atoms with Gasteiger partial charge in [0.05, 0.1) is 25.7 Å². The summed E-state index contributed by atoms with van der Waals surface area (Å²) in [6, 6.07) is -0.673. The Balaban J connectivity index is 2.86. The lowest BCUT2D eigenvalue weighted by molar-refractivity contribution is -0.140. The van der Waals surface area contributed by atoms with E-state index in [1.54, 1.807) is 14.7 Å². The number of hydrogen-bond donors (Lipinski definition) is 7. The first-order chi connectivity index (χ1) is 19.0. The summed E-state index contributed by atoms with van der Waals surface area (Å²) in [4.78, 5) is 65.1. The van der Waals surface area contributed by atoms with E-state index in [1.165, 1.54) is 0 Å². The molecule has 0 aliphatic carbocycles. The average molecular weight is 592 g/mol. The molecule has 0 aromatic carbocycles. The smallest absolute Gasteiger partial charge is 0.317 e. The molecule has 0 aromatic heterocycles. The largest absolute Gasteiger partial charge is 0.480 e. The van der Waals surface area contributed by atoms with E-state index in [-0.39, 0.29) is 25.5 Å². The first-order valence-corrected chi connectivity index (χ1v) is 14.1. The van der Waals surface area contributed by atoms with Crippen LogP contribution in [0.1, 0.15) is 19.3 Å². The number of amides is 1. The molecule has 0 spiro atoms. The molecule has 1 fully saturated rings. The molecular weight excluding hydrogens is 546 g/mol. The number of aldehydes is 1. The maximum absolute atomic E-state index is 12.0. The van der Waals surface area contributed by atoms with Crippen LogP contribution >= 0.6 is 12.6 Å². The third-order valence-corrected chi connectivity index (χ3v) is 6.80. The standard InChI is InChI=1S/C24H45N7O8S/c25-19(24(39)27-5-2-14-40)3-1-4-26-20(18-32)31-12-10-29(16-22(35)36)8-6-28(15-21(33)34)7-9-30(11-13-31)17-23(37)38/h18-20,26,40H,1-17,25H2,(H,27,39)(H,33,34)(H,35,36)(H,37,38)/t19-,20?/m1/s1. The molecule has 40 heavy (non-hydrogen) atoms. The van der Waals surface area contributed by atoms with Gasteiger partial charge in [0.15, 0.2) is 6.29 Å². The van der Waals surface area contributed by atoms with E-state index in [9.17, 15) is 39.3 Å². The number of carbonyl (C=O) groups excluding carboxylic acids is 2. The van der Waals surface area contributed by atoms with Crippen molar-refractivity contribution >= 4 is 42.7 Å². The van der Waals surface area contributed by atoms with Crippen LogP contribution in [0.25, 0.3) is 0 Å². The minimum Gasteiger partial charge on any atom is -0.480 e. The molecule has 1 heterocycles. The van der Waals surface area contributed by atoms with Crippen LogP contribution in [-0.4, -0.2) is 168 Å². The van der Waals surface area contributed by atoms with Gasteiger partial charge >= 0.3 is 17.9 Å². The molecule has 15 nitrogen and oxygen atoms in total. The predicted molar refractivity (Wildman–Crippen MR) is 150 cm³/mol. The Hall–Kier alpha value is -2.34. The van der Waals surface area contributed by atoms with E-state index in [4.69, 9.17) is 5.73 Å². The number of nitrogens with one attached hydrogen (secondary N) is 2. The lowest BCUT2D eigenvalue weighted by Crippen LogP contribution is -2.54. The molecule has 1 amide bonds. The van der Waals surface area contributed by atoms with Crippen molar-refractivity contribution in [2.24, 2.45) is 5.73 Å². The first kappa shape index (κ1) is 35.7. The van der Waals surface area contributed by atoms with Gasteiger partial charge in [-0.05, 0) is 31.6 Å². The number of carbonyl (C=O) groups is 5. The average Bonchev–Trinajstić information content (AvgIpc) is 2.88. The Morgan fingerprint density at radius 1 is 0.775 bits per heavy atom. The number of thiol groups is 1. The Labute approximate surface area is 240 Å². The van der Waals surface area contributed by atoms with Crippen LogP contribution in [0.3, 0.4) is 0 Å². The Bertz CT molecular complexity index is 777. The van der Waals surface area contributed by atoms with Crippen LogP contribution in [0, 0.1) is 0 Å². The topological polar surface area (TPSA) is 209 Å². The van der Waals surface area contributed by atoms with E-state index < -0.39 is 30.1 Å². The van der Waals surface area contributed by atoms with Crippen molar-refractivity contribution in [2.45, 2.75) is 31.5 Å². The van der Waals surface area contributed by atoms with Crippen molar-refractivity contribution in [3.05, 3.63) is 0 Å². The van der Waals surface area contributed by atoms with Crippen LogP contribution in [0.2, 0.25) is 0 Å². The molecule has 0 radical (unpaired) electrons. The van der Waals surface area contributed by atoms with Crippen LogP contribution in [0.5, 0.6) is 0 Å². The number of hydrogen-bond acceptors (Lipinski definition) is 12. The molecule has 2 atom stereocenters. The monoisotopic (exact) mass is 591 g/mol. The zero-order valence-corrected chi connectivity index (χ0v) is 23.8. The van der Waals surface area contributed by atoms with Crippen LogP contribution < -0.4 is 16.4 Å². The number of rotatable bonds is 17. The zero-order chi connectivity index (χ0) is 29.9. The fourth-order valence-corrected chi connectivity index (χ4v) is 4.43. The van der Waals surface area contributed by atoms with Crippen LogP contribution in [-0.2, 0) is 24.0 Å². The minimum absolute atomic E-state index is 0.240. The van der Waals surface area contributed by atoms with Crippen molar-refractivity contribution in [3.63, 3.8) is 0 Å². The number of aliphatic carboxylic acids is 3. The Morgan fingerprint density at radius 2 is 1.23 bits per heavy atom. The zero-order valence-electron chi connectivity index (χ0n) is 22.9. The maximum Gasteiger partial charge on any atom is 0.317 e. The van der Waals surface area contributed by atoms with E-state index in [2.05, 4.69) is 23.3 Å². The minimum atomic E-state index is -1.03. The van der Waals surface area contributed by atoms with Crippen molar-refractivity contribution in [1.82, 2.24) is 30.2 Å². The van der Waals surface area contributed by atoms with Crippen LogP contribution in [0.15, 0.2) is 0 Å². The van der Waals surface area contributed by atoms with Gasteiger partial charge in [0.2, 0.25) is 5.91 Å². The second kappa shape index (κ2) is 20.5. The van der Waals surface area contributed by atoms with Gasteiger partial charge in [-0.15, -0.1) is 0 Å². The Morgan fingerprint density at radius 3 is 1.62 bits per heavy atom. The molecule has 7 N–H and O–H groups in total. The molecule has 0 saturated carbocycles. The van der Waals surface area contributed by atoms with E-state index in [1.807, 2.05) is 4.90 Å². The summed E-state index contributed by atoms with van der Waals surface area (Å²) < 4.78 is 0. The molecule has 16 heteroatoms. The van der Waals surface area contributed by atoms with E-state index >= 15 is 0 Å². The molecular formula is C24H45N7O8S. The van der Waals surface area contributed by atoms with Gasteiger partial charge in [-0.25, -0.2) is 0 Å². The fraction of sp³-hybridized carbons (Fsp3) is 0.792. The van der Waals surface area contributed by atoms with E-state index in [0.717, 1.165) is 12.7 Å². The third kappa shape index (κ3) is 16.1. The van der Waals surface area contributed by atoms with Gasteiger partial charge in [0.1, 0.15) is 6.17 Å². The molecule has 1 aliphatic heterocycles. The number of carboxylic acid groups (broad SMARTS) is 3. The summed E-state index contributed by atoms with van der Waals surface area (Å²) >= 11 is 4.10. The molecule has 0 aromatic rings. The highest BCUT2D eigenvalue weighted by molar-refractivity contribution is 7.80. The van der Waals surface area contributed by atoms with Crippen molar-refractivity contribution < 1.29 is 39.3 Å². The van der Waals surface area contributed by atoms with Gasteiger partial charge < -0.3 is 31.2 Å². The summed E-state index contributed by atoms with van der Waals surface area (Å²) in [5, 5.41) is 33.9.